The van der Waals surface area contributed by atoms with E-state index in [0.717, 1.165) is 0 Å². The minimum absolute atomic E-state index is 0. The van der Waals surface area contributed by atoms with E-state index in [1.807, 2.05) is 0 Å². The molecular weight excluding hydrogens is 163 g/mol. The molecule has 0 atom stereocenters. The standard InChI is InChI=1S/Cd.Li.OSi/c;;1-2. The predicted molar refractivity (Wildman–Crippen MR) is 12.2 cm³/mol. The SMILES string of the molecule is O=[Si].[Cd].[Li]. The van der Waals surface area contributed by atoms with Gasteiger partial charge in [0, 0.05) is 46.2 Å². The Balaban J connectivity index is -0.00000000500. The maximum absolute atomic E-state index is 8.06. The molecule has 0 saturated carbocycles. The molecule has 4 heavy (non-hydrogen) atoms. The molecule has 0 aliphatic carbocycles. The zero-order chi connectivity index (χ0) is 2.00. The summed E-state index contributed by atoms with van der Waals surface area (Å²) < 4.78 is 8.06. The molecule has 0 rings (SSSR count). The van der Waals surface area contributed by atoms with Crippen molar-refractivity contribution in [2.45, 2.75) is 0 Å². The van der Waals surface area contributed by atoms with E-state index in [1.54, 1.807) is 10.1 Å². The van der Waals surface area contributed by atoms with Gasteiger partial charge in [-0.3, -0.25) is 0 Å². The van der Waals surface area contributed by atoms with Gasteiger partial charge in [-0.15, -0.1) is 0 Å². The third-order valence-corrected chi connectivity index (χ3v) is 0. The van der Waals surface area contributed by atoms with E-state index in [4.69, 9.17) is 4.46 Å². The van der Waals surface area contributed by atoms with E-state index in [1.165, 1.54) is 0 Å². The molecule has 0 heterocycles. The topological polar surface area (TPSA) is 17.1 Å². The van der Waals surface area contributed by atoms with Crippen molar-refractivity contribution in [1.29, 1.82) is 0 Å². The van der Waals surface area contributed by atoms with Crippen LogP contribution < -0.4 is 0 Å². The van der Waals surface area contributed by atoms with Crippen LogP contribution in [0.3, 0.4) is 0 Å². The largest absolute Gasteiger partial charge is 0.381 e. The Morgan fingerprint density at radius 1 is 1.25 bits per heavy atom. The van der Waals surface area contributed by atoms with Gasteiger partial charge in [0.25, 0.3) is 0 Å². The molecule has 0 unspecified atom stereocenters. The van der Waals surface area contributed by atoms with Crippen molar-refractivity contribution in [3.63, 3.8) is 0 Å². The molecule has 0 aliphatic rings. The van der Waals surface area contributed by atoms with Crippen LogP contribution in [0, 0.1) is 0 Å². The summed E-state index contributed by atoms with van der Waals surface area (Å²) in [6.07, 6.45) is 0. The summed E-state index contributed by atoms with van der Waals surface area (Å²) >= 11 is 0. The van der Waals surface area contributed by atoms with Gasteiger partial charge in [0.05, 0.1) is 0 Å². The van der Waals surface area contributed by atoms with Gasteiger partial charge < -0.3 is 4.46 Å². The summed E-state index contributed by atoms with van der Waals surface area (Å²) in [4.78, 5) is 0. The normalized spacial score (nSPS) is 1.00. The molecule has 0 aromatic rings. The first-order valence-corrected chi connectivity index (χ1v) is 0.612. The molecule has 0 saturated heterocycles. The smallest absolute Gasteiger partial charge is 0.381 e. The van der Waals surface area contributed by atoms with Crippen LogP contribution in [0.25, 0.3) is 0 Å². The molecule has 4 heteroatoms. The van der Waals surface area contributed by atoms with Gasteiger partial charge in [-0.1, -0.05) is 0 Å². The van der Waals surface area contributed by atoms with Gasteiger partial charge in [-0.05, 0) is 0 Å². The third kappa shape index (κ3) is 9.64. The van der Waals surface area contributed by atoms with Crippen LogP contribution >= 0.6 is 0 Å². The fraction of sp³-hybridized carbons (Fsp3) is 0. The molecule has 0 N–H and O–H groups in total. The minimum Gasteiger partial charge on any atom is -0.381 e. The molecular formula is CdLiOSi. The van der Waals surface area contributed by atoms with E-state index in [-0.39, 0.29) is 46.2 Å². The van der Waals surface area contributed by atoms with Crippen LogP contribution in [-0.2, 0) is 31.8 Å². The van der Waals surface area contributed by atoms with Crippen LogP contribution in [0.1, 0.15) is 0 Å². The summed E-state index contributed by atoms with van der Waals surface area (Å²) in [5, 5.41) is 0. The molecule has 3 radical (unpaired) electrons. The van der Waals surface area contributed by atoms with Crippen molar-refractivity contribution >= 4 is 29.0 Å². The second-order valence-corrected chi connectivity index (χ2v) is 0. The minimum atomic E-state index is 0. The molecule has 13 valence electrons. The number of rotatable bonds is 0. The second kappa shape index (κ2) is 24.0. The van der Waals surface area contributed by atoms with Crippen molar-refractivity contribution < 1.29 is 31.8 Å². The molecule has 0 bridgehead atoms. The Morgan fingerprint density at radius 2 is 1.25 bits per heavy atom. The van der Waals surface area contributed by atoms with E-state index in [2.05, 4.69) is 0 Å². The van der Waals surface area contributed by atoms with Crippen LogP contribution in [0.4, 0.5) is 0 Å². The van der Waals surface area contributed by atoms with Gasteiger partial charge in [-0.25, -0.2) is 0 Å². The first-order valence-electron chi connectivity index (χ1n) is 0.204. The average Bonchev–Trinajstić information content (AvgIpc) is 1.00. The molecule has 0 amide bonds. The summed E-state index contributed by atoms with van der Waals surface area (Å²) in [5.41, 5.74) is 0. The van der Waals surface area contributed by atoms with E-state index in [0.29, 0.717) is 0 Å². The van der Waals surface area contributed by atoms with Gasteiger partial charge in [0.2, 0.25) is 0 Å². The van der Waals surface area contributed by atoms with Crippen LogP contribution in [0.15, 0.2) is 0 Å². The summed E-state index contributed by atoms with van der Waals surface area (Å²) in [6.45, 7) is 0. The fourth-order valence-electron chi connectivity index (χ4n) is 0. The summed E-state index contributed by atoms with van der Waals surface area (Å²) in [6, 6.07) is 0. The van der Waals surface area contributed by atoms with Crippen molar-refractivity contribution in [3.8, 4) is 0 Å². The van der Waals surface area contributed by atoms with E-state index < -0.39 is 0 Å². The molecule has 0 spiro atoms. The number of hydrogen-bond acceptors (Lipinski definition) is 1. The average molecular weight is 163 g/mol. The Bertz CT molecular complexity index is 8.00. The summed E-state index contributed by atoms with van der Waals surface area (Å²) in [5.74, 6) is 0. The predicted octanol–water partition coefficient (Wildman–Crippen LogP) is -0.883. The van der Waals surface area contributed by atoms with Crippen LogP contribution in [-0.4, -0.2) is 29.0 Å². The van der Waals surface area contributed by atoms with Crippen LogP contribution in [0.2, 0.25) is 0 Å². The van der Waals surface area contributed by atoms with Gasteiger partial charge in [0.1, 0.15) is 0 Å². The molecule has 0 aromatic carbocycles. The first kappa shape index (κ1) is 17.7. The van der Waals surface area contributed by atoms with Gasteiger partial charge in [-0.2, -0.15) is 0 Å². The monoisotopic (exact) mass is 165 g/mol. The molecule has 1 nitrogen and oxygen atoms in total. The van der Waals surface area contributed by atoms with Crippen molar-refractivity contribution in [2.75, 3.05) is 0 Å². The second-order valence-electron chi connectivity index (χ2n) is 0. The van der Waals surface area contributed by atoms with E-state index >= 15 is 0 Å². The van der Waals surface area contributed by atoms with Crippen LogP contribution in [0.5, 0.6) is 0 Å². The Kier molecular flexibility index (Phi) is 106. The van der Waals surface area contributed by atoms with Gasteiger partial charge >= 0.3 is 10.1 Å². The molecule has 0 fully saturated rings. The Hall–Kier alpha value is 1.54. The van der Waals surface area contributed by atoms with Crippen molar-refractivity contribution in [3.05, 3.63) is 0 Å². The van der Waals surface area contributed by atoms with Gasteiger partial charge in [0.15, 0.2) is 0 Å². The third-order valence-electron chi connectivity index (χ3n) is 0. The first-order chi connectivity index (χ1) is 1.00. The zero-order valence-electron chi connectivity index (χ0n) is 2.62. The van der Waals surface area contributed by atoms with Crippen molar-refractivity contribution in [1.82, 2.24) is 0 Å². The zero-order valence-corrected chi connectivity index (χ0v) is 7.65. The Morgan fingerprint density at radius 3 is 1.25 bits per heavy atom. The summed E-state index contributed by atoms with van der Waals surface area (Å²) in [7, 11) is 1.72. The number of hydrogen-bond donors (Lipinski definition) is 0. The molecule has 0 aromatic heterocycles. The maximum Gasteiger partial charge on any atom is 0.381 e. The molecule has 0 aliphatic heterocycles. The quantitative estimate of drug-likeness (QED) is 0.424. The fourth-order valence-corrected chi connectivity index (χ4v) is 0. The van der Waals surface area contributed by atoms with E-state index in [9.17, 15) is 0 Å². The Labute approximate surface area is 60.4 Å². The maximum atomic E-state index is 8.06. The van der Waals surface area contributed by atoms with Crippen molar-refractivity contribution in [2.24, 2.45) is 0 Å².